The summed E-state index contributed by atoms with van der Waals surface area (Å²) in [5.41, 5.74) is -0.0602. The molecule has 0 aliphatic rings. The van der Waals surface area contributed by atoms with Gasteiger partial charge in [0, 0.05) is 12.5 Å². The summed E-state index contributed by atoms with van der Waals surface area (Å²) in [5.74, 6) is -3.28. The Morgan fingerprint density at radius 1 is 1.50 bits per heavy atom. The van der Waals surface area contributed by atoms with Gasteiger partial charge in [0.05, 0.1) is 7.11 Å². The summed E-state index contributed by atoms with van der Waals surface area (Å²) >= 11 is 0. The Morgan fingerprint density at radius 3 is 2.67 bits per heavy atom. The van der Waals surface area contributed by atoms with Crippen molar-refractivity contribution in [1.82, 2.24) is 5.32 Å². The van der Waals surface area contributed by atoms with E-state index in [0.717, 1.165) is 6.07 Å². The van der Waals surface area contributed by atoms with Crippen LogP contribution in [0.25, 0.3) is 0 Å². The van der Waals surface area contributed by atoms with E-state index in [0.29, 0.717) is 6.07 Å². The predicted molar refractivity (Wildman–Crippen MR) is 57.2 cm³/mol. The number of carbonyl (C=O) groups excluding carboxylic acids is 1. The fraction of sp³-hybridized carbons (Fsp3) is 0.273. The van der Waals surface area contributed by atoms with Gasteiger partial charge in [0.25, 0.3) is 0 Å². The van der Waals surface area contributed by atoms with Crippen molar-refractivity contribution in [2.24, 2.45) is 0 Å². The molecule has 0 fully saturated rings. The van der Waals surface area contributed by atoms with E-state index in [4.69, 9.17) is 5.11 Å². The van der Waals surface area contributed by atoms with E-state index >= 15 is 0 Å². The lowest BCUT2D eigenvalue weighted by Crippen LogP contribution is -2.37. The second-order valence-corrected chi connectivity index (χ2v) is 3.46. The van der Waals surface area contributed by atoms with Crippen molar-refractivity contribution in [2.75, 3.05) is 7.11 Å². The van der Waals surface area contributed by atoms with E-state index in [1.54, 1.807) is 0 Å². The molecule has 1 aromatic carbocycles. The van der Waals surface area contributed by atoms with E-state index in [1.165, 1.54) is 7.11 Å². The number of nitrogens with one attached hydrogen (secondary N) is 1. The predicted octanol–water partition coefficient (Wildman–Crippen LogP) is 0.715. The van der Waals surface area contributed by atoms with Crippen LogP contribution in [0.2, 0.25) is 0 Å². The average molecular weight is 259 g/mol. The van der Waals surface area contributed by atoms with Crippen molar-refractivity contribution in [1.29, 1.82) is 0 Å². The highest BCUT2D eigenvalue weighted by Crippen LogP contribution is 2.22. The molecule has 5 nitrogen and oxygen atoms in total. The number of methoxy groups -OCH3 is 1. The van der Waals surface area contributed by atoms with Crippen molar-refractivity contribution >= 4 is 12.4 Å². The zero-order chi connectivity index (χ0) is 13.7. The number of carboxylic acids is 1. The standard InChI is InChI=1S/C11H11F2NO4/c1-18-10-3-6(7(12)4-8(10)13)2-9(11(16)17)14-5-15/h3-5,9H,2H2,1H3,(H,14,15)(H,16,17). The monoisotopic (exact) mass is 259 g/mol. The Labute approximate surface area is 101 Å². The molecule has 2 N–H and O–H groups in total. The van der Waals surface area contributed by atoms with Crippen LogP contribution in [0, 0.1) is 11.6 Å². The van der Waals surface area contributed by atoms with Gasteiger partial charge in [-0.2, -0.15) is 0 Å². The summed E-state index contributed by atoms with van der Waals surface area (Å²) in [6.45, 7) is 0. The lowest BCUT2D eigenvalue weighted by molar-refractivity contribution is -0.140. The Bertz CT molecular complexity index is 465. The van der Waals surface area contributed by atoms with Crippen LogP contribution in [0.3, 0.4) is 0 Å². The molecule has 0 saturated carbocycles. The topological polar surface area (TPSA) is 75.6 Å². The molecule has 0 heterocycles. The van der Waals surface area contributed by atoms with Crippen LogP contribution in [0.1, 0.15) is 5.56 Å². The Morgan fingerprint density at radius 2 is 2.17 bits per heavy atom. The van der Waals surface area contributed by atoms with Crippen LogP contribution in [0.5, 0.6) is 5.75 Å². The highest BCUT2D eigenvalue weighted by Gasteiger charge is 2.20. The Balaban J connectivity index is 3.01. The van der Waals surface area contributed by atoms with Gasteiger partial charge in [-0.05, 0) is 11.6 Å². The van der Waals surface area contributed by atoms with Gasteiger partial charge in [0.15, 0.2) is 11.6 Å². The molecule has 1 amide bonds. The SMILES string of the molecule is COc1cc(CC(NC=O)C(=O)O)c(F)cc1F. The number of rotatable bonds is 6. The molecule has 0 aliphatic heterocycles. The largest absolute Gasteiger partial charge is 0.494 e. The number of hydrogen-bond donors (Lipinski definition) is 2. The average Bonchev–Trinajstić information content (AvgIpc) is 2.31. The van der Waals surface area contributed by atoms with Gasteiger partial charge in [-0.25, -0.2) is 13.6 Å². The highest BCUT2D eigenvalue weighted by molar-refractivity contribution is 5.76. The van der Waals surface area contributed by atoms with E-state index in [1.807, 2.05) is 5.32 Å². The van der Waals surface area contributed by atoms with Gasteiger partial charge in [0.2, 0.25) is 6.41 Å². The molecule has 0 bridgehead atoms. The number of amides is 1. The Hall–Kier alpha value is -2.18. The lowest BCUT2D eigenvalue weighted by Gasteiger charge is -2.13. The molecule has 7 heteroatoms. The van der Waals surface area contributed by atoms with Gasteiger partial charge < -0.3 is 15.2 Å². The second-order valence-electron chi connectivity index (χ2n) is 3.46. The highest BCUT2D eigenvalue weighted by atomic mass is 19.1. The third-order valence-electron chi connectivity index (χ3n) is 2.31. The first-order valence-electron chi connectivity index (χ1n) is 4.94. The van der Waals surface area contributed by atoms with Gasteiger partial charge in [-0.15, -0.1) is 0 Å². The van der Waals surface area contributed by atoms with E-state index in [-0.39, 0.29) is 24.1 Å². The number of carbonyl (C=O) groups is 2. The molecule has 0 aromatic heterocycles. The normalized spacial score (nSPS) is 11.7. The van der Waals surface area contributed by atoms with Crippen LogP contribution in [0.15, 0.2) is 12.1 Å². The third kappa shape index (κ3) is 3.16. The fourth-order valence-electron chi connectivity index (χ4n) is 1.40. The first-order valence-corrected chi connectivity index (χ1v) is 4.94. The summed E-state index contributed by atoms with van der Waals surface area (Å²) in [4.78, 5) is 21.0. The molecule has 1 atom stereocenters. The molecule has 0 spiro atoms. The van der Waals surface area contributed by atoms with E-state index < -0.39 is 23.6 Å². The minimum atomic E-state index is -1.32. The molecular formula is C11H11F2NO4. The molecular weight excluding hydrogens is 248 g/mol. The van der Waals surface area contributed by atoms with Crippen molar-refractivity contribution in [2.45, 2.75) is 12.5 Å². The van der Waals surface area contributed by atoms with Crippen molar-refractivity contribution < 1.29 is 28.2 Å². The molecule has 0 radical (unpaired) electrons. The third-order valence-corrected chi connectivity index (χ3v) is 2.31. The molecule has 0 saturated heterocycles. The summed E-state index contributed by atoms with van der Waals surface area (Å²) in [6.07, 6.45) is -0.103. The maximum Gasteiger partial charge on any atom is 0.326 e. The van der Waals surface area contributed by atoms with Crippen LogP contribution >= 0.6 is 0 Å². The van der Waals surface area contributed by atoms with E-state index in [2.05, 4.69) is 4.74 Å². The smallest absolute Gasteiger partial charge is 0.326 e. The van der Waals surface area contributed by atoms with Crippen LogP contribution in [0.4, 0.5) is 8.78 Å². The van der Waals surface area contributed by atoms with Crippen molar-refractivity contribution in [3.8, 4) is 5.75 Å². The molecule has 98 valence electrons. The quantitative estimate of drug-likeness (QED) is 0.738. The zero-order valence-electron chi connectivity index (χ0n) is 9.44. The summed E-state index contributed by atoms with van der Waals surface area (Å²) in [7, 11) is 1.21. The zero-order valence-corrected chi connectivity index (χ0v) is 9.44. The molecule has 0 aliphatic carbocycles. The summed E-state index contributed by atoms with van der Waals surface area (Å²) in [5, 5.41) is 10.8. The number of benzene rings is 1. The lowest BCUT2D eigenvalue weighted by atomic mass is 10.0. The number of carboxylic acid groups (broad SMARTS) is 1. The molecule has 18 heavy (non-hydrogen) atoms. The van der Waals surface area contributed by atoms with Crippen LogP contribution in [-0.2, 0) is 16.0 Å². The van der Waals surface area contributed by atoms with Gasteiger partial charge in [-0.1, -0.05) is 0 Å². The van der Waals surface area contributed by atoms with E-state index in [9.17, 15) is 18.4 Å². The number of aliphatic carboxylic acids is 1. The van der Waals surface area contributed by atoms with Crippen LogP contribution in [-0.4, -0.2) is 30.6 Å². The minimum Gasteiger partial charge on any atom is -0.494 e. The van der Waals surface area contributed by atoms with Gasteiger partial charge in [0.1, 0.15) is 11.9 Å². The maximum absolute atomic E-state index is 13.4. The minimum absolute atomic E-state index is 0.0602. The van der Waals surface area contributed by atoms with Crippen molar-refractivity contribution in [3.05, 3.63) is 29.3 Å². The Kier molecular flexibility index (Phi) is 4.59. The van der Waals surface area contributed by atoms with Crippen LogP contribution < -0.4 is 10.1 Å². The van der Waals surface area contributed by atoms with Gasteiger partial charge in [-0.3, -0.25) is 4.79 Å². The second kappa shape index (κ2) is 5.95. The van der Waals surface area contributed by atoms with Gasteiger partial charge >= 0.3 is 5.97 Å². The summed E-state index contributed by atoms with van der Waals surface area (Å²) < 4.78 is 31.2. The fourth-order valence-corrected chi connectivity index (χ4v) is 1.40. The summed E-state index contributed by atoms with van der Waals surface area (Å²) in [6, 6.07) is 0.383. The molecule has 1 aromatic rings. The number of halogens is 2. The number of hydrogen-bond acceptors (Lipinski definition) is 3. The molecule has 1 rings (SSSR count). The first kappa shape index (κ1) is 13.9. The number of ether oxygens (including phenoxy) is 1. The maximum atomic E-state index is 13.4. The van der Waals surface area contributed by atoms with Crippen molar-refractivity contribution in [3.63, 3.8) is 0 Å². The first-order chi connectivity index (χ1) is 8.49. The molecule has 1 unspecified atom stereocenters.